The third-order valence-electron chi connectivity index (χ3n) is 3.16. The fourth-order valence-corrected chi connectivity index (χ4v) is 2.23. The van der Waals surface area contributed by atoms with E-state index in [1.807, 2.05) is 30.3 Å². The Balaban J connectivity index is 2.28. The topological polar surface area (TPSA) is 64.4 Å². The summed E-state index contributed by atoms with van der Waals surface area (Å²) >= 11 is 0. The van der Waals surface area contributed by atoms with Gasteiger partial charge in [0.25, 0.3) is 0 Å². The number of fused-ring (bicyclic) bond motifs is 1. The SMILES string of the molecule is COc1ccccc1-n1ncc2c(C(=O)O)cccc21. The summed E-state index contributed by atoms with van der Waals surface area (Å²) in [5, 5.41) is 14.1. The Hall–Kier alpha value is -2.82. The van der Waals surface area contributed by atoms with E-state index in [0.717, 1.165) is 11.2 Å². The lowest BCUT2D eigenvalue weighted by atomic mass is 10.1. The summed E-state index contributed by atoms with van der Waals surface area (Å²) in [5.74, 6) is -0.284. The third-order valence-corrected chi connectivity index (χ3v) is 3.16. The molecule has 0 bridgehead atoms. The van der Waals surface area contributed by atoms with Gasteiger partial charge >= 0.3 is 5.97 Å². The maximum Gasteiger partial charge on any atom is 0.336 e. The molecule has 0 aliphatic heterocycles. The van der Waals surface area contributed by atoms with Crippen molar-refractivity contribution in [2.24, 2.45) is 0 Å². The molecule has 5 heteroatoms. The van der Waals surface area contributed by atoms with E-state index in [1.54, 1.807) is 30.1 Å². The monoisotopic (exact) mass is 268 g/mol. The van der Waals surface area contributed by atoms with Crippen LogP contribution in [0, 0.1) is 0 Å². The molecule has 0 aliphatic rings. The maximum atomic E-state index is 11.2. The standard InChI is InChI=1S/C15H12N2O3/c1-20-14-8-3-2-6-13(14)17-12-7-4-5-10(15(18)19)11(12)9-16-17/h2-9H,1H3,(H,18,19). The van der Waals surface area contributed by atoms with Gasteiger partial charge in [-0.15, -0.1) is 0 Å². The van der Waals surface area contributed by atoms with Crippen molar-refractivity contribution in [1.82, 2.24) is 9.78 Å². The molecule has 0 unspecified atom stereocenters. The zero-order valence-corrected chi connectivity index (χ0v) is 10.8. The fraction of sp³-hybridized carbons (Fsp3) is 0.0667. The number of ether oxygens (including phenoxy) is 1. The lowest BCUT2D eigenvalue weighted by molar-refractivity contribution is 0.0699. The molecule has 20 heavy (non-hydrogen) atoms. The number of carbonyl (C=O) groups is 1. The number of benzene rings is 2. The van der Waals surface area contributed by atoms with Crippen LogP contribution in [0.4, 0.5) is 0 Å². The summed E-state index contributed by atoms with van der Waals surface area (Å²) < 4.78 is 7.00. The molecule has 0 saturated carbocycles. The van der Waals surface area contributed by atoms with E-state index in [-0.39, 0.29) is 5.56 Å². The smallest absolute Gasteiger partial charge is 0.336 e. The summed E-state index contributed by atoms with van der Waals surface area (Å²) in [4.78, 5) is 11.2. The van der Waals surface area contributed by atoms with Crippen LogP contribution in [-0.2, 0) is 0 Å². The van der Waals surface area contributed by atoms with Crippen molar-refractivity contribution >= 4 is 16.9 Å². The number of methoxy groups -OCH3 is 1. The Morgan fingerprint density at radius 1 is 1.20 bits per heavy atom. The van der Waals surface area contributed by atoms with Gasteiger partial charge in [0.2, 0.25) is 0 Å². The second-order valence-electron chi connectivity index (χ2n) is 4.27. The van der Waals surface area contributed by atoms with Gasteiger partial charge in [-0.05, 0) is 24.3 Å². The highest BCUT2D eigenvalue weighted by atomic mass is 16.5. The molecule has 0 spiro atoms. The minimum absolute atomic E-state index is 0.239. The molecule has 0 fully saturated rings. The van der Waals surface area contributed by atoms with Gasteiger partial charge in [0.05, 0.1) is 24.4 Å². The summed E-state index contributed by atoms with van der Waals surface area (Å²) in [6, 6.07) is 12.6. The van der Waals surface area contributed by atoms with Gasteiger partial charge < -0.3 is 9.84 Å². The molecule has 5 nitrogen and oxygen atoms in total. The molecule has 0 amide bonds. The quantitative estimate of drug-likeness (QED) is 0.793. The lowest BCUT2D eigenvalue weighted by Crippen LogP contribution is -2.00. The van der Waals surface area contributed by atoms with Gasteiger partial charge in [0, 0.05) is 5.39 Å². The second kappa shape index (κ2) is 4.70. The number of nitrogens with zero attached hydrogens (tertiary/aromatic N) is 2. The van der Waals surface area contributed by atoms with Gasteiger partial charge in [-0.1, -0.05) is 18.2 Å². The number of para-hydroxylation sites is 2. The molecule has 2 aromatic carbocycles. The summed E-state index contributed by atoms with van der Waals surface area (Å²) in [6.07, 6.45) is 1.56. The molecule has 0 saturated heterocycles. The number of carboxylic acid groups (broad SMARTS) is 1. The Morgan fingerprint density at radius 3 is 2.75 bits per heavy atom. The number of hydrogen-bond acceptors (Lipinski definition) is 3. The predicted molar refractivity (Wildman–Crippen MR) is 74.6 cm³/mol. The highest BCUT2D eigenvalue weighted by molar-refractivity contribution is 6.02. The maximum absolute atomic E-state index is 11.2. The van der Waals surface area contributed by atoms with Crippen LogP contribution in [0.5, 0.6) is 5.75 Å². The molecular formula is C15H12N2O3. The summed E-state index contributed by atoms with van der Waals surface area (Å²) in [7, 11) is 1.59. The van der Waals surface area contributed by atoms with Crippen molar-refractivity contribution in [2.75, 3.05) is 7.11 Å². The van der Waals surface area contributed by atoms with Crippen molar-refractivity contribution in [3.05, 3.63) is 54.2 Å². The molecule has 1 N–H and O–H groups in total. The van der Waals surface area contributed by atoms with E-state index in [2.05, 4.69) is 5.10 Å². The van der Waals surface area contributed by atoms with Crippen molar-refractivity contribution in [1.29, 1.82) is 0 Å². The number of carboxylic acids is 1. The van der Waals surface area contributed by atoms with E-state index in [9.17, 15) is 9.90 Å². The second-order valence-corrected chi connectivity index (χ2v) is 4.27. The minimum atomic E-state index is -0.963. The van der Waals surface area contributed by atoms with Crippen molar-refractivity contribution in [3.63, 3.8) is 0 Å². The molecule has 1 aromatic heterocycles. The predicted octanol–water partition coefficient (Wildman–Crippen LogP) is 2.73. The van der Waals surface area contributed by atoms with Crippen LogP contribution in [0.15, 0.2) is 48.7 Å². The van der Waals surface area contributed by atoms with E-state index >= 15 is 0 Å². The van der Waals surface area contributed by atoms with E-state index in [0.29, 0.717) is 11.1 Å². The first-order valence-electron chi connectivity index (χ1n) is 6.06. The molecule has 0 atom stereocenters. The van der Waals surface area contributed by atoms with Crippen LogP contribution in [0.2, 0.25) is 0 Å². The number of aromatic carboxylic acids is 1. The highest BCUT2D eigenvalue weighted by Crippen LogP contribution is 2.27. The summed E-state index contributed by atoms with van der Waals surface area (Å²) in [6.45, 7) is 0. The van der Waals surface area contributed by atoms with Crippen molar-refractivity contribution in [3.8, 4) is 11.4 Å². The van der Waals surface area contributed by atoms with Crippen molar-refractivity contribution < 1.29 is 14.6 Å². The third kappa shape index (κ3) is 1.80. The van der Waals surface area contributed by atoms with Crippen LogP contribution in [0.3, 0.4) is 0 Å². The fourth-order valence-electron chi connectivity index (χ4n) is 2.23. The normalized spacial score (nSPS) is 10.7. The van der Waals surface area contributed by atoms with Crippen LogP contribution >= 0.6 is 0 Å². The molecular weight excluding hydrogens is 256 g/mol. The molecule has 0 radical (unpaired) electrons. The van der Waals surface area contributed by atoms with Crippen LogP contribution < -0.4 is 4.74 Å². The lowest BCUT2D eigenvalue weighted by Gasteiger charge is -2.09. The van der Waals surface area contributed by atoms with Crippen LogP contribution in [0.25, 0.3) is 16.6 Å². The highest BCUT2D eigenvalue weighted by Gasteiger charge is 2.14. The van der Waals surface area contributed by atoms with Gasteiger partial charge in [-0.3, -0.25) is 0 Å². The minimum Gasteiger partial charge on any atom is -0.494 e. The van der Waals surface area contributed by atoms with Gasteiger partial charge in [-0.2, -0.15) is 5.10 Å². The zero-order chi connectivity index (χ0) is 14.1. The van der Waals surface area contributed by atoms with Gasteiger partial charge in [-0.25, -0.2) is 9.48 Å². The van der Waals surface area contributed by atoms with E-state index in [1.165, 1.54) is 0 Å². The Bertz CT molecular complexity index is 793. The Morgan fingerprint density at radius 2 is 2.00 bits per heavy atom. The first kappa shape index (κ1) is 12.2. The van der Waals surface area contributed by atoms with Gasteiger partial charge in [0.1, 0.15) is 11.4 Å². The first-order valence-corrected chi connectivity index (χ1v) is 6.06. The summed E-state index contributed by atoms with van der Waals surface area (Å²) in [5.41, 5.74) is 1.74. The molecule has 100 valence electrons. The molecule has 1 heterocycles. The zero-order valence-electron chi connectivity index (χ0n) is 10.8. The Kier molecular flexibility index (Phi) is 2.87. The average molecular weight is 268 g/mol. The largest absolute Gasteiger partial charge is 0.494 e. The van der Waals surface area contributed by atoms with Crippen LogP contribution in [-0.4, -0.2) is 28.0 Å². The Labute approximate surface area is 115 Å². The van der Waals surface area contributed by atoms with E-state index in [4.69, 9.17) is 4.74 Å². The average Bonchev–Trinajstić information content (AvgIpc) is 2.90. The van der Waals surface area contributed by atoms with Crippen molar-refractivity contribution in [2.45, 2.75) is 0 Å². The molecule has 3 rings (SSSR count). The number of hydrogen-bond donors (Lipinski definition) is 1. The first-order chi connectivity index (χ1) is 9.72. The van der Waals surface area contributed by atoms with E-state index < -0.39 is 5.97 Å². The number of aromatic nitrogens is 2. The molecule has 0 aliphatic carbocycles. The van der Waals surface area contributed by atoms with Crippen LogP contribution in [0.1, 0.15) is 10.4 Å². The van der Waals surface area contributed by atoms with Gasteiger partial charge in [0.15, 0.2) is 0 Å². The number of rotatable bonds is 3. The molecule has 3 aromatic rings.